The van der Waals surface area contributed by atoms with Crippen LogP contribution in [0.25, 0.3) is 0 Å². The molecule has 0 saturated heterocycles. The topological polar surface area (TPSA) is 38.1 Å². The average Bonchev–Trinajstić information content (AvgIpc) is 2.53. The highest BCUT2D eigenvalue weighted by atomic mass is 35.5. The third-order valence-electron chi connectivity index (χ3n) is 2.24. The zero-order valence-corrected chi connectivity index (χ0v) is 10.1. The lowest BCUT2D eigenvalue weighted by Crippen LogP contribution is -2.33. The van der Waals surface area contributed by atoms with Crippen molar-refractivity contribution < 1.29 is 4.79 Å². The maximum absolute atomic E-state index is 12.0. The normalized spacial score (nSPS) is 10.4. The number of rotatable bonds is 4. The third-order valence-corrected chi connectivity index (χ3v) is 2.41. The van der Waals surface area contributed by atoms with Crippen LogP contribution in [0, 0.1) is 6.92 Å². The van der Waals surface area contributed by atoms with Crippen molar-refractivity contribution in [3.8, 4) is 0 Å². The molecular formula is C10H16ClN3O. The molecular weight excluding hydrogens is 214 g/mol. The van der Waals surface area contributed by atoms with Crippen molar-refractivity contribution >= 4 is 17.5 Å². The number of nitrogens with zero attached hydrogens (tertiary/aromatic N) is 3. The van der Waals surface area contributed by atoms with Crippen LogP contribution < -0.4 is 0 Å². The Balaban J connectivity index is 2.87. The van der Waals surface area contributed by atoms with Crippen LogP contribution in [-0.4, -0.2) is 39.6 Å². The second kappa shape index (κ2) is 5.16. The van der Waals surface area contributed by atoms with E-state index in [4.69, 9.17) is 11.6 Å². The number of aryl methyl sites for hydroxylation is 2. The number of amides is 1. The first-order chi connectivity index (χ1) is 7.10. The smallest absolute Gasteiger partial charge is 0.272 e. The largest absolute Gasteiger partial charge is 0.336 e. The number of carbonyl (C=O) groups excluding carboxylic acids is 1. The molecule has 0 aromatic carbocycles. The van der Waals surface area contributed by atoms with Gasteiger partial charge < -0.3 is 4.90 Å². The minimum absolute atomic E-state index is 0.0127. The summed E-state index contributed by atoms with van der Waals surface area (Å²) in [6.07, 6.45) is 0. The molecule has 0 saturated carbocycles. The van der Waals surface area contributed by atoms with Gasteiger partial charge in [-0.3, -0.25) is 9.48 Å². The first-order valence-electron chi connectivity index (χ1n) is 4.96. The van der Waals surface area contributed by atoms with E-state index in [0.29, 0.717) is 24.7 Å². The molecule has 84 valence electrons. The molecule has 0 radical (unpaired) electrons. The summed E-state index contributed by atoms with van der Waals surface area (Å²) in [4.78, 5) is 13.7. The molecule has 0 unspecified atom stereocenters. The van der Waals surface area contributed by atoms with Crippen molar-refractivity contribution in [2.75, 3.05) is 19.0 Å². The van der Waals surface area contributed by atoms with Crippen molar-refractivity contribution in [2.24, 2.45) is 7.05 Å². The Labute approximate surface area is 94.8 Å². The van der Waals surface area contributed by atoms with E-state index in [1.165, 1.54) is 0 Å². The Hall–Kier alpha value is -1.03. The lowest BCUT2D eigenvalue weighted by Gasteiger charge is -2.19. The van der Waals surface area contributed by atoms with Gasteiger partial charge in [0.1, 0.15) is 5.69 Å². The molecule has 0 aliphatic rings. The number of carbonyl (C=O) groups is 1. The number of halogens is 1. The molecule has 1 heterocycles. The van der Waals surface area contributed by atoms with Crippen molar-refractivity contribution in [3.63, 3.8) is 0 Å². The van der Waals surface area contributed by atoms with E-state index in [0.717, 1.165) is 5.69 Å². The van der Waals surface area contributed by atoms with Gasteiger partial charge in [0, 0.05) is 26.0 Å². The standard InChI is InChI=1S/C10H16ClN3O/c1-4-14(6-5-11)10(15)9-7-8(2)12-13(9)3/h7H,4-6H2,1-3H3. The zero-order valence-electron chi connectivity index (χ0n) is 9.33. The summed E-state index contributed by atoms with van der Waals surface area (Å²) in [6.45, 7) is 5.04. The Morgan fingerprint density at radius 2 is 2.33 bits per heavy atom. The Morgan fingerprint density at radius 3 is 2.73 bits per heavy atom. The molecule has 0 spiro atoms. The fourth-order valence-electron chi connectivity index (χ4n) is 1.48. The maximum atomic E-state index is 12.0. The van der Waals surface area contributed by atoms with Gasteiger partial charge in [0.05, 0.1) is 5.69 Å². The van der Waals surface area contributed by atoms with Crippen LogP contribution in [0.15, 0.2) is 6.07 Å². The number of hydrogen-bond acceptors (Lipinski definition) is 2. The summed E-state index contributed by atoms with van der Waals surface area (Å²) in [5, 5.41) is 4.15. The van der Waals surface area contributed by atoms with Crippen LogP contribution >= 0.6 is 11.6 Å². The summed E-state index contributed by atoms with van der Waals surface area (Å²) < 4.78 is 1.61. The van der Waals surface area contributed by atoms with Gasteiger partial charge in [0.15, 0.2) is 0 Å². The Morgan fingerprint density at radius 1 is 1.67 bits per heavy atom. The van der Waals surface area contributed by atoms with Crippen LogP contribution in [0.1, 0.15) is 23.1 Å². The van der Waals surface area contributed by atoms with Crippen molar-refractivity contribution in [1.29, 1.82) is 0 Å². The predicted molar refractivity (Wildman–Crippen MR) is 60.2 cm³/mol. The summed E-state index contributed by atoms with van der Waals surface area (Å²) >= 11 is 5.64. The van der Waals surface area contributed by atoms with E-state index in [2.05, 4.69) is 5.10 Å². The lowest BCUT2D eigenvalue weighted by molar-refractivity contribution is 0.0763. The molecule has 0 aliphatic carbocycles. The van der Waals surface area contributed by atoms with Gasteiger partial charge in [-0.25, -0.2) is 0 Å². The Bertz CT molecular complexity index is 348. The van der Waals surface area contributed by atoms with E-state index >= 15 is 0 Å². The quantitative estimate of drug-likeness (QED) is 0.733. The van der Waals surface area contributed by atoms with E-state index in [9.17, 15) is 4.79 Å². The first-order valence-corrected chi connectivity index (χ1v) is 5.49. The molecule has 1 amide bonds. The number of hydrogen-bond donors (Lipinski definition) is 0. The van der Waals surface area contributed by atoms with Crippen LogP contribution in [0.3, 0.4) is 0 Å². The zero-order chi connectivity index (χ0) is 11.4. The van der Waals surface area contributed by atoms with Gasteiger partial charge >= 0.3 is 0 Å². The van der Waals surface area contributed by atoms with Crippen LogP contribution in [0.4, 0.5) is 0 Å². The maximum Gasteiger partial charge on any atom is 0.272 e. The minimum Gasteiger partial charge on any atom is -0.336 e. The first kappa shape index (κ1) is 12.0. The fourth-order valence-corrected chi connectivity index (χ4v) is 1.68. The summed E-state index contributed by atoms with van der Waals surface area (Å²) in [5.41, 5.74) is 1.46. The summed E-state index contributed by atoms with van der Waals surface area (Å²) in [6, 6.07) is 1.79. The van der Waals surface area contributed by atoms with Gasteiger partial charge in [-0.05, 0) is 19.9 Å². The molecule has 0 fully saturated rings. The Kier molecular flexibility index (Phi) is 4.15. The van der Waals surface area contributed by atoms with Gasteiger partial charge in [-0.2, -0.15) is 5.10 Å². The van der Waals surface area contributed by atoms with Crippen LogP contribution in [-0.2, 0) is 7.05 Å². The minimum atomic E-state index is -0.0127. The molecule has 0 bridgehead atoms. The summed E-state index contributed by atoms with van der Waals surface area (Å²) in [7, 11) is 1.77. The molecule has 15 heavy (non-hydrogen) atoms. The number of aromatic nitrogens is 2. The van der Waals surface area contributed by atoms with Crippen molar-refractivity contribution in [1.82, 2.24) is 14.7 Å². The highest BCUT2D eigenvalue weighted by Crippen LogP contribution is 2.06. The SMILES string of the molecule is CCN(CCCl)C(=O)c1cc(C)nn1C. The molecule has 0 atom stereocenters. The van der Waals surface area contributed by atoms with Crippen molar-refractivity contribution in [2.45, 2.75) is 13.8 Å². The molecule has 1 aromatic heterocycles. The van der Waals surface area contributed by atoms with E-state index in [1.807, 2.05) is 13.8 Å². The van der Waals surface area contributed by atoms with Crippen LogP contribution in [0.5, 0.6) is 0 Å². The second-order valence-electron chi connectivity index (χ2n) is 3.37. The van der Waals surface area contributed by atoms with E-state index in [1.54, 1.807) is 22.7 Å². The third kappa shape index (κ3) is 2.72. The summed E-state index contributed by atoms with van der Waals surface area (Å²) in [5.74, 6) is 0.442. The molecule has 1 aromatic rings. The highest BCUT2D eigenvalue weighted by Gasteiger charge is 2.17. The van der Waals surface area contributed by atoms with Gasteiger partial charge in [-0.1, -0.05) is 0 Å². The van der Waals surface area contributed by atoms with E-state index in [-0.39, 0.29) is 5.91 Å². The highest BCUT2D eigenvalue weighted by molar-refractivity contribution is 6.18. The average molecular weight is 230 g/mol. The monoisotopic (exact) mass is 229 g/mol. The molecule has 5 heteroatoms. The van der Waals surface area contributed by atoms with Crippen LogP contribution in [0.2, 0.25) is 0 Å². The fraction of sp³-hybridized carbons (Fsp3) is 0.600. The van der Waals surface area contributed by atoms with Gasteiger partial charge in [-0.15, -0.1) is 11.6 Å². The lowest BCUT2D eigenvalue weighted by atomic mass is 10.3. The predicted octanol–water partition coefficient (Wildman–Crippen LogP) is 1.43. The molecule has 0 N–H and O–H groups in total. The molecule has 1 rings (SSSR count). The van der Waals surface area contributed by atoms with Gasteiger partial charge in [0.2, 0.25) is 0 Å². The molecule has 4 nitrogen and oxygen atoms in total. The van der Waals surface area contributed by atoms with Gasteiger partial charge in [0.25, 0.3) is 5.91 Å². The van der Waals surface area contributed by atoms with E-state index < -0.39 is 0 Å². The number of alkyl halides is 1. The molecule has 0 aliphatic heterocycles. The second-order valence-corrected chi connectivity index (χ2v) is 3.75. The van der Waals surface area contributed by atoms with Crippen molar-refractivity contribution in [3.05, 3.63) is 17.5 Å².